The number of carbonyl (C=O) groups excluding carboxylic acids is 2. The van der Waals surface area contributed by atoms with Gasteiger partial charge in [0.1, 0.15) is 18.2 Å². The highest BCUT2D eigenvalue weighted by molar-refractivity contribution is 5.94. The Hall–Kier alpha value is -3.96. The van der Waals surface area contributed by atoms with Gasteiger partial charge in [0, 0.05) is 64.0 Å². The fraction of sp³-hybridized carbons (Fsp3) is 0.484. The van der Waals surface area contributed by atoms with Crippen LogP contribution in [0.15, 0.2) is 47.5 Å². The molecule has 1 fully saturated rings. The van der Waals surface area contributed by atoms with Crippen molar-refractivity contribution in [2.75, 3.05) is 38.0 Å². The van der Waals surface area contributed by atoms with Crippen LogP contribution in [0.5, 0.6) is 5.75 Å². The van der Waals surface area contributed by atoms with Gasteiger partial charge in [-0.25, -0.2) is 9.97 Å². The third-order valence-electron chi connectivity index (χ3n) is 8.08. The molecule has 1 saturated heterocycles. The van der Waals surface area contributed by atoms with Gasteiger partial charge >= 0.3 is 0 Å². The van der Waals surface area contributed by atoms with Gasteiger partial charge in [-0.15, -0.1) is 0 Å². The fourth-order valence-electron chi connectivity index (χ4n) is 5.74. The van der Waals surface area contributed by atoms with Crippen LogP contribution in [-0.2, 0) is 24.4 Å². The smallest absolute Gasteiger partial charge is 0.251 e. The Morgan fingerprint density at radius 1 is 1.21 bits per heavy atom. The van der Waals surface area contributed by atoms with Crippen LogP contribution in [0.1, 0.15) is 59.5 Å². The van der Waals surface area contributed by atoms with Crippen molar-refractivity contribution in [1.29, 1.82) is 0 Å². The Morgan fingerprint density at radius 3 is 2.76 bits per heavy atom. The molecular formula is C31H40N6O5. The lowest BCUT2D eigenvalue weighted by atomic mass is 9.93. The summed E-state index contributed by atoms with van der Waals surface area (Å²) in [5.74, 6) is 1.98. The van der Waals surface area contributed by atoms with E-state index in [4.69, 9.17) is 9.15 Å². The van der Waals surface area contributed by atoms with Crippen molar-refractivity contribution in [2.24, 2.45) is 0 Å². The van der Waals surface area contributed by atoms with Crippen molar-refractivity contribution in [2.45, 2.75) is 64.8 Å². The fourth-order valence-corrected chi connectivity index (χ4v) is 5.74. The zero-order valence-electron chi connectivity index (χ0n) is 24.6. The number of fused-ring (bicyclic) bond motifs is 1. The number of oxazole rings is 1. The molecule has 42 heavy (non-hydrogen) atoms. The number of rotatable bonds is 10. The van der Waals surface area contributed by atoms with E-state index in [1.807, 2.05) is 11.0 Å². The molecule has 3 N–H and O–H groups in total. The summed E-state index contributed by atoms with van der Waals surface area (Å²) in [7, 11) is 0. The van der Waals surface area contributed by atoms with Gasteiger partial charge in [0.15, 0.2) is 12.2 Å². The van der Waals surface area contributed by atoms with E-state index in [0.717, 1.165) is 37.1 Å². The van der Waals surface area contributed by atoms with Gasteiger partial charge in [0.05, 0.1) is 11.8 Å². The number of piperidine rings is 1. The minimum absolute atomic E-state index is 0.0983. The van der Waals surface area contributed by atoms with E-state index >= 15 is 0 Å². The predicted molar refractivity (Wildman–Crippen MR) is 157 cm³/mol. The van der Waals surface area contributed by atoms with Gasteiger partial charge < -0.3 is 29.8 Å². The largest absolute Gasteiger partial charge is 0.485 e. The highest BCUT2D eigenvalue weighted by Gasteiger charge is 2.28. The quantitative estimate of drug-likeness (QED) is 0.333. The predicted octanol–water partition coefficient (Wildman–Crippen LogP) is 2.92. The van der Waals surface area contributed by atoms with E-state index in [2.05, 4.69) is 38.5 Å². The zero-order valence-corrected chi connectivity index (χ0v) is 24.6. The summed E-state index contributed by atoms with van der Waals surface area (Å²) in [6, 6.07) is 7.67. The number of β-amino-alcohol motifs (C(OH)–C–C–N with tert-alkyl or cyclic N) is 1. The summed E-state index contributed by atoms with van der Waals surface area (Å²) in [5.41, 5.74) is 2.99. The molecule has 11 heteroatoms. The summed E-state index contributed by atoms with van der Waals surface area (Å²) in [6.07, 6.45) is 7.17. The second kappa shape index (κ2) is 12.9. The molecule has 11 nitrogen and oxygen atoms in total. The molecule has 0 aliphatic carbocycles. The number of benzene rings is 1. The number of nitrogens with zero attached hydrogens (tertiary/aromatic N) is 4. The van der Waals surface area contributed by atoms with Crippen molar-refractivity contribution in [1.82, 2.24) is 25.1 Å². The molecule has 0 bridgehead atoms. The molecule has 4 heterocycles. The maximum Gasteiger partial charge on any atom is 0.251 e. The molecule has 1 atom stereocenters. The second-order valence-corrected chi connectivity index (χ2v) is 11.6. The van der Waals surface area contributed by atoms with Crippen molar-refractivity contribution >= 4 is 17.6 Å². The van der Waals surface area contributed by atoms with Crippen molar-refractivity contribution < 1.29 is 23.8 Å². The van der Waals surface area contributed by atoms with Crippen molar-refractivity contribution in [3.05, 3.63) is 71.1 Å². The second-order valence-electron chi connectivity index (χ2n) is 11.6. The Morgan fingerprint density at radius 2 is 2.02 bits per heavy atom. The highest BCUT2D eigenvalue weighted by Crippen LogP contribution is 2.30. The molecule has 1 unspecified atom stereocenters. The van der Waals surface area contributed by atoms with Gasteiger partial charge in [-0.1, -0.05) is 6.07 Å². The number of pyridine rings is 1. The summed E-state index contributed by atoms with van der Waals surface area (Å²) >= 11 is 0. The summed E-state index contributed by atoms with van der Waals surface area (Å²) in [4.78, 5) is 36.9. The first-order chi connectivity index (χ1) is 20.2. The normalized spacial score (nSPS) is 17.3. The van der Waals surface area contributed by atoms with E-state index in [1.54, 1.807) is 38.4 Å². The Bertz CT molecular complexity index is 1380. The van der Waals surface area contributed by atoms with E-state index in [1.165, 1.54) is 17.5 Å². The molecule has 5 rings (SSSR count). The van der Waals surface area contributed by atoms with E-state index in [9.17, 15) is 14.7 Å². The van der Waals surface area contributed by atoms with Gasteiger partial charge in [-0.2, -0.15) is 0 Å². The van der Waals surface area contributed by atoms with Crippen LogP contribution in [0.3, 0.4) is 0 Å². The number of likely N-dealkylation sites (tertiary alicyclic amines) is 1. The van der Waals surface area contributed by atoms with E-state index in [-0.39, 0.29) is 24.4 Å². The average Bonchev–Trinajstić information content (AvgIpc) is 3.50. The summed E-state index contributed by atoms with van der Waals surface area (Å²) in [6.45, 7) is 9.25. The average molecular weight is 577 g/mol. The summed E-state index contributed by atoms with van der Waals surface area (Å²) < 4.78 is 11.2. The SMILES string of the molecule is CC(=O)N1CCC(Nc2cc(C(=O)NCC(C)(O)CN3CCc4c(ccc(OCc5cnco5)c4C)C3)ccn2)CC1. The maximum absolute atomic E-state index is 13.0. The molecule has 0 spiro atoms. The summed E-state index contributed by atoms with van der Waals surface area (Å²) in [5, 5.41) is 17.4. The number of hydrogen-bond donors (Lipinski definition) is 3. The topological polar surface area (TPSA) is 133 Å². The van der Waals surface area contributed by atoms with Crippen LogP contribution >= 0.6 is 0 Å². The lowest BCUT2D eigenvalue weighted by Crippen LogP contribution is -2.49. The van der Waals surface area contributed by atoms with Crippen LogP contribution in [0, 0.1) is 6.92 Å². The molecule has 224 valence electrons. The number of anilines is 1. The van der Waals surface area contributed by atoms with Crippen molar-refractivity contribution in [3.8, 4) is 5.75 Å². The molecule has 1 aromatic carbocycles. The van der Waals surface area contributed by atoms with Crippen molar-refractivity contribution in [3.63, 3.8) is 0 Å². The number of aromatic nitrogens is 2. The Balaban J connectivity index is 1.10. The third-order valence-corrected chi connectivity index (χ3v) is 8.08. The standard InChI is InChI=1S/C31H40N6O5/c1-21-27-9-11-36(16-24(27)4-5-28(21)41-17-26-15-32-20-42-26)19-31(3,40)18-34-30(39)23-6-10-33-29(14-23)35-25-7-12-37(13-8-25)22(2)38/h4-6,10,14-15,20,25,40H,7-9,11-13,16-19H2,1-3H3,(H,33,35)(H,34,39). The zero-order chi connectivity index (χ0) is 29.7. The maximum atomic E-state index is 13.0. The molecule has 2 amide bonds. The van der Waals surface area contributed by atoms with Crippen LogP contribution < -0.4 is 15.4 Å². The number of hydrogen-bond acceptors (Lipinski definition) is 9. The molecule has 0 saturated carbocycles. The lowest BCUT2D eigenvalue weighted by Gasteiger charge is -2.35. The molecule has 0 radical (unpaired) electrons. The number of nitrogens with one attached hydrogen (secondary N) is 2. The van der Waals surface area contributed by atoms with Crippen LogP contribution in [0.4, 0.5) is 5.82 Å². The van der Waals surface area contributed by atoms with Gasteiger partial charge in [-0.05, 0) is 68.0 Å². The molecule has 3 aromatic rings. The molecular weight excluding hydrogens is 536 g/mol. The Kier molecular flexibility index (Phi) is 9.08. The van der Waals surface area contributed by atoms with E-state index in [0.29, 0.717) is 49.9 Å². The number of ether oxygens (including phenoxy) is 1. The van der Waals surface area contributed by atoms with Gasteiger partial charge in [-0.3, -0.25) is 14.5 Å². The van der Waals surface area contributed by atoms with Gasteiger partial charge in [0.2, 0.25) is 5.91 Å². The Labute approximate surface area is 246 Å². The lowest BCUT2D eigenvalue weighted by molar-refractivity contribution is -0.129. The first-order valence-electron chi connectivity index (χ1n) is 14.5. The molecule has 2 aliphatic heterocycles. The number of amides is 2. The third kappa shape index (κ3) is 7.46. The number of aliphatic hydroxyl groups is 1. The molecule has 2 aliphatic rings. The minimum atomic E-state index is -1.11. The van der Waals surface area contributed by atoms with Gasteiger partial charge in [0.25, 0.3) is 5.91 Å². The number of carbonyl (C=O) groups is 2. The van der Waals surface area contributed by atoms with Crippen LogP contribution in [0.25, 0.3) is 0 Å². The van der Waals surface area contributed by atoms with Crippen LogP contribution in [-0.4, -0.2) is 81.1 Å². The molecule has 2 aromatic heterocycles. The first kappa shape index (κ1) is 29.5. The van der Waals surface area contributed by atoms with Crippen LogP contribution in [0.2, 0.25) is 0 Å². The minimum Gasteiger partial charge on any atom is -0.485 e. The van der Waals surface area contributed by atoms with E-state index < -0.39 is 5.60 Å². The first-order valence-corrected chi connectivity index (χ1v) is 14.5. The monoisotopic (exact) mass is 576 g/mol. The highest BCUT2D eigenvalue weighted by atomic mass is 16.5.